The summed E-state index contributed by atoms with van der Waals surface area (Å²) in [4.78, 5) is 14.5. The topological polar surface area (TPSA) is 76.8 Å². The van der Waals surface area contributed by atoms with Crippen LogP contribution in [-0.4, -0.2) is 39.8 Å². The molecule has 8 heteroatoms. The average molecular weight is 442 g/mol. The smallest absolute Gasteiger partial charge is 0.224 e. The Labute approximate surface area is 184 Å². The first-order chi connectivity index (χ1) is 13.1. The molecule has 1 heterocycles. The van der Waals surface area contributed by atoms with Gasteiger partial charge in [-0.1, -0.05) is 12.1 Å². The van der Waals surface area contributed by atoms with Gasteiger partial charge >= 0.3 is 0 Å². The Hall–Kier alpha value is -2.31. The number of halogens is 2. The molecule has 160 valence electrons. The molecule has 1 unspecified atom stereocenters. The summed E-state index contributed by atoms with van der Waals surface area (Å²) in [6.45, 7) is 2.54. The van der Waals surface area contributed by atoms with Crippen molar-refractivity contribution in [3.05, 3.63) is 48.0 Å². The second kappa shape index (κ2) is 11.6. The van der Waals surface area contributed by atoms with Gasteiger partial charge in [0.15, 0.2) is 0 Å². The number of rotatable bonds is 7. The van der Waals surface area contributed by atoms with Crippen LogP contribution < -0.4 is 25.4 Å². The minimum absolute atomic E-state index is 0. The Morgan fingerprint density at radius 2 is 1.72 bits per heavy atom. The van der Waals surface area contributed by atoms with Crippen molar-refractivity contribution in [1.82, 2.24) is 5.32 Å². The molecule has 3 N–H and O–H groups in total. The van der Waals surface area contributed by atoms with E-state index in [1.807, 2.05) is 42.5 Å². The van der Waals surface area contributed by atoms with Gasteiger partial charge in [-0.3, -0.25) is 4.79 Å². The number of nitrogens with two attached hydrogens (primary N) is 1. The highest BCUT2D eigenvalue weighted by molar-refractivity contribution is 5.85. The SMILES string of the molecule is COc1cc(OC)cc(N2CCC(CNC(=O)Cc3ccc(N)cc3)C2)c1.Cl.Cl. The number of anilines is 2. The lowest BCUT2D eigenvalue weighted by Crippen LogP contribution is -2.32. The third-order valence-corrected chi connectivity index (χ3v) is 4.92. The highest BCUT2D eigenvalue weighted by Crippen LogP contribution is 2.31. The van der Waals surface area contributed by atoms with E-state index < -0.39 is 0 Å². The van der Waals surface area contributed by atoms with Crippen LogP contribution in [0, 0.1) is 5.92 Å². The fraction of sp³-hybridized carbons (Fsp3) is 0.381. The number of nitrogens with one attached hydrogen (secondary N) is 1. The van der Waals surface area contributed by atoms with Gasteiger partial charge in [-0.05, 0) is 30.0 Å². The van der Waals surface area contributed by atoms with Gasteiger partial charge in [-0.25, -0.2) is 0 Å². The van der Waals surface area contributed by atoms with Crippen LogP contribution in [0.3, 0.4) is 0 Å². The lowest BCUT2D eigenvalue weighted by Gasteiger charge is -2.20. The molecule has 0 saturated carbocycles. The second-order valence-corrected chi connectivity index (χ2v) is 6.89. The van der Waals surface area contributed by atoms with Crippen LogP contribution in [-0.2, 0) is 11.2 Å². The summed E-state index contributed by atoms with van der Waals surface area (Å²) < 4.78 is 10.7. The summed E-state index contributed by atoms with van der Waals surface area (Å²) >= 11 is 0. The maximum Gasteiger partial charge on any atom is 0.224 e. The summed E-state index contributed by atoms with van der Waals surface area (Å²) in [5.74, 6) is 2.04. The zero-order chi connectivity index (χ0) is 19.2. The lowest BCUT2D eigenvalue weighted by molar-refractivity contribution is -0.120. The van der Waals surface area contributed by atoms with E-state index in [2.05, 4.69) is 10.2 Å². The van der Waals surface area contributed by atoms with E-state index in [0.29, 0.717) is 24.6 Å². The van der Waals surface area contributed by atoms with Gasteiger partial charge in [-0.15, -0.1) is 24.8 Å². The van der Waals surface area contributed by atoms with Crippen molar-refractivity contribution in [1.29, 1.82) is 0 Å². The maximum absolute atomic E-state index is 12.2. The number of methoxy groups -OCH3 is 2. The average Bonchev–Trinajstić information content (AvgIpc) is 3.17. The molecule has 6 nitrogen and oxygen atoms in total. The summed E-state index contributed by atoms with van der Waals surface area (Å²) in [6.07, 6.45) is 1.42. The standard InChI is InChI=1S/C21H27N3O3.2ClH/c1-26-19-10-18(11-20(12-19)27-2)24-8-7-16(14-24)13-23-21(25)9-15-3-5-17(22)6-4-15;;/h3-6,10-12,16H,7-9,13-14,22H2,1-2H3,(H,23,25);2*1H. The van der Waals surface area contributed by atoms with Gasteiger partial charge in [-0.2, -0.15) is 0 Å². The molecule has 2 aromatic rings. The zero-order valence-corrected chi connectivity index (χ0v) is 18.4. The van der Waals surface area contributed by atoms with Crippen LogP contribution in [0.1, 0.15) is 12.0 Å². The van der Waals surface area contributed by atoms with E-state index in [9.17, 15) is 4.79 Å². The number of ether oxygens (including phenoxy) is 2. The Balaban J connectivity index is 0.00000210. The van der Waals surface area contributed by atoms with Crippen molar-refractivity contribution in [2.45, 2.75) is 12.8 Å². The molecule has 29 heavy (non-hydrogen) atoms. The molecule has 2 aromatic carbocycles. The van der Waals surface area contributed by atoms with Gasteiger partial charge in [0.1, 0.15) is 11.5 Å². The van der Waals surface area contributed by atoms with Crippen molar-refractivity contribution < 1.29 is 14.3 Å². The Kier molecular flexibility index (Phi) is 9.92. The molecule has 0 radical (unpaired) electrons. The fourth-order valence-electron chi connectivity index (χ4n) is 3.35. The predicted molar refractivity (Wildman–Crippen MR) is 122 cm³/mol. The Morgan fingerprint density at radius 3 is 2.31 bits per heavy atom. The van der Waals surface area contributed by atoms with Crippen LogP contribution in [0.15, 0.2) is 42.5 Å². The number of nitrogens with zero attached hydrogens (tertiary/aromatic N) is 1. The second-order valence-electron chi connectivity index (χ2n) is 6.89. The van der Waals surface area contributed by atoms with Crippen LogP contribution in [0.5, 0.6) is 11.5 Å². The monoisotopic (exact) mass is 441 g/mol. The van der Waals surface area contributed by atoms with E-state index in [1.54, 1.807) is 14.2 Å². The van der Waals surface area contributed by atoms with Crippen molar-refractivity contribution in [2.75, 3.05) is 44.5 Å². The number of benzene rings is 2. The highest BCUT2D eigenvalue weighted by Gasteiger charge is 2.24. The fourth-order valence-corrected chi connectivity index (χ4v) is 3.35. The van der Waals surface area contributed by atoms with Crippen molar-refractivity contribution in [2.24, 2.45) is 5.92 Å². The molecule has 0 bridgehead atoms. The molecule has 1 amide bonds. The molecule has 0 spiro atoms. The minimum atomic E-state index is 0. The molecular formula is C21H29Cl2N3O3. The van der Waals surface area contributed by atoms with Gasteiger partial charge < -0.3 is 25.4 Å². The van der Waals surface area contributed by atoms with Crippen LogP contribution >= 0.6 is 24.8 Å². The number of hydrogen-bond acceptors (Lipinski definition) is 5. The van der Waals surface area contributed by atoms with E-state index in [4.69, 9.17) is 15.2 Å². The summed E-state index contributed by atoms with van der Waals surface area (Å²) in [7, 11) is 3.31. The third kappa shape index (κ3) is 6.91. The molecule has 0 aromatic heterocycles. The van der Waals surface area contributed by atoms with E-state index in [0.717, 1.165) is 42.3 Å². The first kappa shape index (κ1) is 24.7. The van der Waals surface area contributed by atoms with E-state index >= 15 is 0 Å². The number of hydrogen-bond donors (Lipinski definition) is 2. The van der Waals surface area contributed by atoms with E-state index in [-0.39, 0.29) is 30.7 Å². The first-order valence-corrected chi connectivity index (χ1v) is 9.16. The number of carbonyl (C=O) groups excluding carboxylic acids is 1. The molecule has 0 aliphatic carbocycles. The summed E-state index contributed by atoms with van der Waals surface area (Å²) in [5.41, 5.74) is 8.44. The molecule has 3 rings (SSSR count). The number of carbonyl (C=O) groups is 1. The molecule has 1 saturated heterocycles. The largest absolute Gasteiger partial charge is 0.497 e. The summed E-state index contributed by atoms with van der Waals surface area (Å²) in [6, 6.07) is 13.3. The Morgan fingerprint density at radius 1 is 1.10 bits per heavy atom. The van der Waals surface area contributed by atoms with Gasteiger partial charge in [0.2, 0.25) is 5.91 Å². The first-order valence-electron chi connectivity index (χ1n) is 9.16. The van der Waals surface area contributed by atoms with Crippen LogP contribution in [0.2, 0.25) is 0 Å². The predicted octanol–water partition coefficient (Wildman–Crippen LogP) is 3.31. The van der Waals surface area contributed by atoms with Crippen LogP contribution in [0.25, 0.3) is 0 Å². The molecular weight excluding hydrogens is 413 g/mol. The highest BCUT2D eigenvalue weighted by atomic mass is 35.5. The molecule has 1 atom stereocenters. The third-order valence-electron chi connectivity index (χ3n) is 4.92. The Bertz CT molecular complexity index is 765. The van der Waals surface area contributed by atoms with Gasteiger partial charge in [0.05, 0.1) is 20.6 Å². The lowest BCUT2D eigenvalue weighted by atomic mass is 10.1. The number of nitrogen functional groups attached to an aromatic ring is 1. The molecule has 1 aliphatic heterocycles. The minimum Gasteiger partial charge on any atom is -0.497 e. The molecule has 1 fully saturated rings. The van der Waals surface area contributed by atoms with Crippen molar-refractivity contribution in [3.8, 4) is 11.5 Å². The zero-order valence-electron chi connectivity index (χ0n) is 16.7. The maximum atomic E-state index is 12.2. The number of amides is 1. The van der Waals surface area contributed by atoms with Crippen molar-refractivity contribution >= 4 is 42.1 Å². The molecule has 1 aliphatic rings. The normalized spacial score (nSPS) is 15.1. The van der Waals surface area contributed by atoms with E-state index in [1.165, 1.54) is 0 Å². The van der Waals surface area contributed by atoms with Crippen molar-refractivity contribution in [3.63, 3.8) is 0 Å². The van der Waals surface area contributed by atoms with Gasteiger partial charge in [0, 0.05) is 49.2 Å². The van der Waals surface area contributed by atoms with Gasteiger partial charge in [0.25, 0.3) is 0 Å². The van der Waals surface area contributed by atoms with Crippen LogP contribution in [0.4, 0.5) is 11.4 Å². The quantitative estimate of drug-likeness (QED) is 0.644. The summed E-state index contributed by atoms with van der Waals surface area (Å²) in [5, 5.41) is 3.06.